The summed E-state index contributed by atoms with van der Waals surface area (Å²) in [5.41, 5.74) is 1.06. The third-order valence-electron chi connectivity index (χ3n) is 4.49. The second-order valence-electron chi connectivity index (χ2n) is 6.67. The van der Waals surface area contributed by atoms with E-state index in [1.807, 2.05) is 0 Å². The molecule has 1 aliphatic heterocycles. The zero-order valence-electron chi connectivity index (χ0n) is 15.4. The van der Waals surface area contributed by atoms with E-state index < -0.39 is 10.0 Å². The standard InChI is InChI=1S/C19H20ClN3O4S/c1-22(2)28(26,27)17-9-3-13(4-10-17)19(25)21-15-11-18(24)23(12-15)16-7-5-14(20)6-8-16/h3-10,15H,11-12H2,1-2H3,(H,21,25). The Labute approximate surface area is 168 Å². The fourth-order valence-corrected chi connectivity index (χ4v) is 3.96. The summed E-state index contributed by atoms with van der Waals surface area (Å²) in [7, 11) is -0.661. The average molecular weight is 422 g/mol. The van der Waals surface area contributed by atoms with E-state index in [2.05, 4.69) is 5.32 Å². The van der Waals surface area contributed by atoms with Gasteiger partial charge in [-0.3, -0.25) is 9.59 Å². The van der Waals surface area contributed by atoms with Crippen LogP contribution in [-0.2, 0) is 14.8 Å². The molecule has 2 amide bonds. The van der Waals surface area contributed by atoms with Crippen molar-refractivity contribution in [3.63, 3.8) is 0 Å². The van der Waals surface area contributed by atoms with Crippen LogP contribution in [0.3, 0.4) is 0 Å². The Bertz CT molecular complexity index is 989. The number of carbonyl (C=O) groups excluding carboxylic acids is 2. The van der Waals surface area contributed by atoms with Crippen molar-refractivity contribution in [3.05, 3.63) is 59.1 Å². The SMILES string of the molecule is CN(C)S(=O)(=O)c1ccc(C(=O)NC2CC(=O)N(c3ccc(Cl)cc3)C2)cc1. The van der Waals surface area contributed by atoms with Crippen LogP contribution in [0.5, 0.6) is 0 Å². The maximum absolute atomic E-state index is 12.5. The van der Waals surface area contributed by atoms with E-state index in [-0.39, 0.29) is 29.2 Å². The number of sulfonamides is 1. The van der Waals surface area contributed by atoms with Gasteiger partial charge in [0.2, 0.25) is 15.9 Å². The topological polar surface area (TPSA) is 86.8 Å². The summed E-state index contributed by atoms with van der Waals surface area (Å²) in [4.78, 5) is 26.5. The molecule has 0 spiro atoms. The van der Waals surface area contributed by atoms with Gasteiger partial charge in [-0.1, -0.05) is 11.6 Å². The predicted molar refractivity (Wildman–Crippen MR) is 107 cm³/mol. The number of carbonyl (C=O) groups is 2. The molecule has 28 heavy (non-hydrogen) atoms. The molecule has 2 aromatic rings. The first-order valence-electron chi connectivity index (χ1n) is 8.58. The molecule has 148 valence electrons. The fraction of sp³-hybridized carbons (Fsp3) is 0.263. The number of halogens is 1. The van der Waals surface area contributed by atoms with Crippen LogP contribution >= 0.6 is 11.6 Å². The summed E-state index contributed by atoms with van der Waals surface area (Å²) < 4.78 is 25.3. The van der Waals surface area contributed by atoms with E-state index >= 15 is 0 Å². The molecule has 0 aliphatic carbocycles. The Morgan fingerprint density at radius 2 is 1.71 bits per heavy atom. The number of amides is 2. The summed E-state index contributed by atoms with van der Waals surface area (Å²) in [6.07, 6.45) is 0.196. The Balaban J connectivity index is 1.67. The first kappa shape index (κ1) is 20.3. The highest BCUT2D eigenvalue weighted by molar-refractivity contribution is 7.89. The zero-order chi connectivity index (χ0) is 20.5. The van der Waals surface area contributed by atoms with Gasteiger partial charge in [-0.2, -0.15) is 0 Å². The van der Waals surface area contributed by atoms with Crippen LogP contribution in [0.4, 0.5) is 5.69 Å². The minimum atomic E-state index is -3.55. The smallest absolute Gasteiger partial charge is 0.251 e. The van der Waals surface area contributed by atoms with E-state index in [1.54, 1.807) is 29.2 Å². The van der Waals surface area contributed by atoms with Crippen LogP contribution in [0.2, 0.25) is 5.02 Å². The number of rotatable bonds is 5. The monoisotopic (exact) mass is 421 g/mol. The Hall–Kier alpha value is -2.42. The zero-order valence-corrected chi connectivity index (χ0v) is 17.0. The van der Waals surface area contributed by atoms with Crippen molar-refractivity contribution in [2.45, 2.75) is 17.4 Å². The van der Waals surface area contributed by atoms with Crippen LogP contribution in [0.15, 0.2) is 53.4 Å². The third-order valence-corrected chi connectivity index (χ3v) is 6.57. The van der Waals surface area contributed by atoms with Gasteiger partial charge in [0.25, 0.3) is 5.91 Å². The van der Waals surface area contributed by atoms with E-state index in [0.717, 1.165) is 9.99 Å². The minimum absolute atomic E-state index is 0.0833. The maximum atomic E-state index is 12.5. The number of nitrogens with zero attached hydrogens (tertiary/aromatic N) is 2. The molecule has 1 heterocycles. The van der Waals surface area contributed by atoms with E-state index in [9.17, 15) is 18.0 Å². The van der Waals surface area contributed by atoms with Crippen molar-refractivity contribution >= 4 is 39.1 Å². The molecule has 1 N–H and O–H groups in total. The molecule has 1 atom stereocenters. The average Bonchev–Trinajstić information content (AvgIpc) is 3.02. The quantitative estimate of drug-likeness (QED) is 0.801. The summed E-state index contributed by atoms with van der Waals surface area (Å²) in [6.45, 7) is 0.360. The van der Waals surface area contributed by atoms with Crippen molar-refractivity contribution in [3.8, 4) is 0 Å². The predicted octanol–water partition coefficient (Wildman–Crippen LogP) is 2.13. The summed E-state index contributed by atoms with van der Waals surface area (Å²) in [6, 6.07) is 12.3. The highest BCUT2D eigenvalue weighted by atomic mass is 35.5. The molecule has 1 aliphatic rings. The van der Waals surface area contributed by atoms with Gasteiger partial charge in [0.05, 0.1) is 10.9 Å². The van der Waals surface area contributed by atoms with Gasteiger partial charge in [-0.15, -0.1) is 0 Å². The molecule has 1 unspecified atom stereocenters. The molecule has 7 nitrogen and oxygen atoms in total. The molecule has 0 bridgehead atoms. The summed E-state index contributed by atoms with van der Waals surface area (Å²) in [5.74, 6) is -0.440. The van der Waals surface area contributed by atoms with E-state index in [4.69, 9.17) is 11.6 Å². The van der Waals surface area contributed by atoms with Gasteiger partial charge in [0.1, 0.15) is 0 Å². The van der Waals surface area contributed by atoms with Crippen LogP contribution < -0.4 is 10.2 Å². The van der Waals surface area contributed by atoms with Gasteiger partial charge in [-0.05, 0) is 48.5 Å². The first-order chi connectivity index (χ1) is 13.2. The van der Waals surface area contributed by atoms with Crippen molar-refractivity contribution in [1.29, 1.82) is 0 Å². The van der Waals surface area contributed by atoms with Crippen molar-refractivity contribution in [2.24, 2.45) is 0 Å². The van der Waals surface area contributed by atoms with Crippen molar-refractivity contribution in [2.75, 3.05) is 25.5 Å². The molecule has 0 radical (unpaired) electrons. The molecule has 1 fully saturated rings. The maximum Gasteiger partial charge on any atom is 0.251 e. The number of nitrogens with one attached hydrogen (secondary N) is 1. The molecule has 0 aromatic heterocycles. The largest absolute Gasteiger partial charge is 0.347 e. The van der Waals surface area contributed by atoms with Gasteiger partial charge in [0.15, 0.2) is 0 Å². The Kier molecular flexibility index (Phi) is 5.74. The van der Waals surface area contributed by atoms with Crippen molar-refractivity contribution in [1.82, 2.24) is 9.62 Å². The second-order valence-corrected chi connectivity index (χ2v) is 9.26. The first-order valence-corrected chi connectivity index (χ1v) is 10.4. The molecule has 2 aromatic carbocycles. The van der Waals surface area contributed by atoms with Crippen LogP contribution in [-0.4, -0.2) is 51.2 Å². The van der Waals surface area contributed by atoms with Crippen LogP contribution in [0.25, 0.3) is 0 Å². The minimum Gasteiger partial charge on any atom is -0.347 e. The Morgan fingerprint density at radius 1 is 1.11 bits per heavy atom. The molecule has 3 rings (SSSR count). The fourth-order valence-electron chi connectivity index (χ4n) is 2.93. The normalized spacial score (nSPS) is 17.2. The molecular weight excluding hydrogens is 402 g/mol. The van der Waals surface area contributed by atoms with Crippen LogP contribution in [0, 0.1) is 0 Å². The third kappa shape index (κ3) is 4.19. The highest BCUT2D eigenvalue weighted by Gasteiger charge is 2.31. The molecule has 9 heteroatoms. The van der Waals surface area contributed by atoms with Gasteiger partial charge >= 0.3 is 0 Å². The number of anilines is 1. The van der Waals surface area contributed by atoms with Gasteiger partial charge in [-0.25, -0.2) is 12.7 Å². The lowest BCUT2D eigenvalue weighted by Crippen LogP contribution is -2.37. The Morgan fingerprint density at radius 3 is 2.29 bits per heavy atom. The van der Waals surface area contributed by atoms with E-state index in [1.165, 1.54) is 38.4 Å². The lowest BCUT2D eigenvalue weighted by Gasteiger charge is -2.17. The summed E-state index contributed by atoms with van der Waals surface area (Å²) >= 11 is 5.88. The van der Waals surface area contributed by atoms with Gasteiger partial charge < -0.3 is 10.2 Å². The van der Waals surface area contributed by atoms with Crippen molar-refractivity contribution < 1.29 is 18.0 Å². The number of hydrogen-bond acceptors (Lipinski definition) is 4. The number of benzene rings is 2. The number of hydrogen-bond donors (Lipinski definition) is 1. The van der Waals surface area contributed by atoms with Gasteiger partial charge in [0, 0.05) is 43.3 Å². The lowest BCUT2D eigenvalue weighted by atomic mass is 10.2. The molecule has 1 saturated heterocycles. The second kappa shape index (κ2) is 7.90. The van der Waals surface area contributed by atoms with E-state index in [0.29, 0.717) is 17.1 Å². The highest BCUT2D eigenvalue weighted by Crippen LogP contribution is 2.23. The molecule has 0 saturated carbocycles. The lowest BCUT2D eigenvalue weighted by molar-refractivity contribution is -0.117. The summed E-state index contributed by atoms with van der Waals surface area (Å²) in [5, 5.41) is 3.41. The van der Waals surface area contributed by atoms with Crippen LogP contribution in [0.1, 0.15) is 16.8 Å². The molecular formula is C19H20ClN3O4S.